The van der Waals surface area contributed by atoms with Crippen molar-refractivity contribution < 1.29 is 33.4 Å². The molecule has 0 aliphatic carbocycles. The SMILES string of the molecule is CCCCOC(=O)N1CCN(C(=O)CNC(=O)c2cc(OCC(=O)N3CCN(CCOC)CC3)c3ccc(C)cc3n2)CC1. The zero-order valence-electron chi connectivity index (χ0n) is 26.0. The van der Waals surface area contributed by atoms with E-state index in [2.05, 4.69) is 15.2 Å². The highest BCUT2D eigenvalue weighted by molar-refractivity contribution is 5.98. The Morgan fingerprint density at radius 2 is 1.57 bits per heavy atom. The number of unbranched alkanes of at least 4 members (excludes halogenated alkanes) is 1. The number of ether oxygens (including phenoxy) is 3. The Kier molecular flexibility index (Phi) is 12.1. The lowest BCUT2D eigenvalue weighted by Crippen LogP contribution is -2.52. The number of nitrogens with zero attached hydrogens (tertiary/aromatic N) is 5. The third-order valence-corrected chi connectivity index (χ3v) is 7.86. The summed E-state index contributed by atoms with van der Waals surface area (Å²) < 4.78 is 16.4. The van der Waals surface area contributed by atoms with Crippen LogP contribution in [0.4, 0.5) is 4.79 Å². The molecule has 44 heavy (non-hydrogen) atoms. The molecule has 2 aliphatic heterocycles. The molecule has 1 aromatic carbocycles. The van der Waals surface area contributed by atoms with Crippen LogP contribution in [-0.4, -0.2) is 141 Å². The lowest BCUT2D eigenvalue weighted by atomic mass is 10.1. The monoisotopic (exact) mass is 612 g/mol. The molecule has 3 heterocycles. The Morgan fingerprint density at radius 1 is 0.886 bits per heavy atom. The summed E-state index contributed by atoms with van der Waals surface area (Å²) in [6.45, 7) is 9.70. The van der Waals surface area contributed by atoms with Gasteiger partial charge in [0.15, 0.2) is 6.61 Å². The van der Waals surface area contributed by atoms with Crippen molar-refractivity contribution in [3.63, 3.8) is 0 Å². The molecule has 2 saturated heterocycles. The number of hydrogen-bond acceptors (Lipinski definition) is 9. The molecule has 2 aromatic rings. The van der Waals surface area contributed by atoms with Crippen LogP contribution in [0, 0.1) is 6.92 Å². The van der Waals surface area contributed by atoms with E-state index in [1.165, 1.54) is 6.07 Å². The van der Waals surface area contributed by atoms with Gasteiger partial charge in [0.05, 0.1) is 25.3 Å². The first kappa shape index (κ1) is 32.9. The van der Waals surface area contributed by atoms with Gasteiger partial charge in [-0.25, -0.2) is 9.78 Å². The topological polar surface area (TPSA) is 134 Å². The molecule has 4 rings (SSSR count). The fourth-order valence-electron chi connectivity index (χ4n) is 5.11. The molecule has 0 atom stereocenters. The number of benzene rings is 1. The van der Waals surface area contributed by atoms with Crippen LogP contribution in [0.5, 0.6) is 5.75 Å². The first-order chi connectivity index (χ1) is 21.3. The largest absolute Gasteiger partial charge is 0.483 e. The van der Waals surface area contributed by atoms with Crippen LogP contribution in [-0.2, 0) is 19.1 Å². The zero-order valence-corrected chi connectivity index (χ0v) is 26.0. The van der Waals surface area contributed by atoms with Crippen LogP contribution in [0.25, 0.3) is 10.9 Å². The molecule has 0 radical (unpaired) electrons. The molecule has 2 aliphatic rings. The van der Waals surface area contributed by atoms with Gasteiger partial charge < -0.3 is 34.2 Å². The minimum absolute atomic E-state index is 0.0877. The van der Waals surface area contributed by atoms with E-state index in [4.69, 9.17) is 14.2 Å². The van der Waals surface area contributed by atoms with E-state index >= 15 is 0 Å². The molecule has 2 fully saturated rings. The van der Waals surface area contributed by atoms with E-state index in [-0.39, 0.29) is 36.8 Å². The first-order valence-corrected chi connectivity index (χ1v) is 15.3. The second-order valence-electron chi connectivity index (χ2n) is 11.0. The summed E-state index contributed by atoms with van der Waals surface area (Å²) in [5.41, 5.74) is 1.60. The second-order valence-corrected chi connectivity index (χ2v) is 11.0. The number of amides is 4. The maximum absolute atomic E-state index is 13.1. The van der Waals surface area contributed by atoms with E-state index in [0.29, 0.717) is 69.1 Å². The minimum Gasteiger partial charge on any atom is -0.483 e. The Hall–Kier alpha value is -3.97. The number of aryl methyl sites for hydroxylation is 1. The van der Waals surface area contributed by atoms with Crippen molar-refractivity contribution in [1.82, 2.24) is 29.9 Å². The van der Waals surface area contributed by atoms with Gasteiger partial charge >= 0.3 is 6.09 Å². The third kappa shape index (κ3) is 9.02. The average molecular weight is 613 g/mol. The highest BCUT2D eigenvalue weighted by Crippen LogP contribution is 2.27. The van der Waals surface area contributed by atoms with Crippen LogP contribution >= 0.6 is 0 Å². The van der Waals surface area contributed by atoms with Crippen molar-refractivity contribution in [3.8, 4) is 5.75 Å². The maximum Gasteiger partial charge on any atom is 0.409 e. The molecule has 1 aromatic heterocycles. The van der Waals surface area contributed by atoms with E-state index in [1.54, 1.807) is 21.8 Å². The molecule has 0 unspecified atom stereocenters. The number of fused-ring (bicyclic) bond motifs is 1. The van der Waals surface area contributed by atoms with Crippen molar-refractivity contribution in [1.29, 1.82) is 0 Å². The van der Waals surface area contributed by atoms with Crippen LogP contribution in [0.2, 0.25) is 0 Å². The predicted molar refractivity (Wildman–Crippen MR) is 164 cm³/mol. The van der Waals surface area contributed by atoms with Crippen molar-refractivity contribution in [2.45, 2.75) is 26.7 Å². The number of rotatable bonds is 12. The molecular weight excluding hydrogens is 568 g/mol. The number of nitrogens with one attached hydrogen (secondary N) is 1. The van der Waals surface area contributed by atoms with Crippen LogP contribution in [0.3, 0.4) is 0 Å². The van der Waals surface area contributed by atoms with Gasteiger partial charge in [-0.2, -0.15) is 0 Å². The molecule has 1 N–H and O–H groups in total. The molecule has 13 heteroatoms. The van der Waals surface area contributed by atoms with Crippen LogP contribution in [0.1, 0.15) is 35.8 Å². The van der Waals surface area contributed by atoms with Gasteiger partial charge in [-0.05, 0) is 31.0 Å². The van der Waals surface area contributed by atoms with E-state index < -0.39 is 5.91 Å². The van der Waals surface area contributed by atoms with Crippen molar-refractivity contribution >= 4 is 34.7 Å². The van der Waals surface area contributed by atoms with Gasteiger partial charge in [-0.15, -0.1) is 0 Å². The molecular formula is C31H44N6O7. The maximum atomic E-state index is 13.1. The highest BCUT2D eigenvalue weighted by atomic mass is 16.6. The van der Waals surface area contributed by atoms with E-state index in [1.807, 2.05) is 32.0 Å². The number of carbonyl (C=O) groups is 4. The van der Waals surface area contributed by atoms with Gasteiger partial charge in [-0.1, -0.05) is 19.4 Å². The van der Waals surface area contributed by atoms with Crippen molar-refractivity contribution in [2.24, 2.45) is 0 Å². The summed E-state index contributed by atoms with van der Waals surface area (Å²) in [6.07, 6.45) is 1.39. The fourth-order valence-corrected chi connectivity index (χ4v) is 5.11. The molecule has 13 nitrogen and oxygen atoms in total. The molecule has 0 spiro atoms. The van der Waals surface area contributed by atoms with Gasteiger partial charge in [0.2, 0.25) is 5.91 Å². The molecule has 240 valence electrons. The number of carbonyl (C=O) groups excluding carboxylic acids is 4. The Bertz CT molecular complexity index is 1310. The second kappa shape index (κ2) is 16.2. The van der Waals surface area contributed by atoms with Crippen LogP contribution < -0.4 is 10.1 Å². The van der Waals surface area contributed by atoms with Gasteiger partial charge in [0.25, 0.3) is 11.8 Å². The Morgan fingerprint density at radius 3 is 2.27 bits per heavy atom. The Balaban J connectivity index is 1.32. The van der Waals surface area contributed by atoms with Gasteiger partial charge in [0.1, 0.15) is 11.4 Å². The number of piperazine rings is 2. The standard InChI is InChI=1S/C31H44N6O7/c1-4-5-17-43-31(41)37-14-12-35(13-15-37)28(38)21-32-30(40)26-20-27(24-7-6-23(2)19-25(24)33-26)44-22-29(39)36-10-8-34(9-11-36)16-18-42-3/h6-7,19-20H,4-5,8-18,21-22H2,1-3H3,(H,32,40). The van der Waals surface area contributed by atoms with Crippen molar-refractivity contribution in [3.05, 3.63) is 35.5 Å². The van der Waals surface area contributed by atoms with E-state index in [9.17, 15) is 19.2 Å². The summed E-state index contributed by atoms with van der Waals surface area (Å²) in [5.74, 6) is -0.526. The van der Waals surface area contributed by atoms with Gasteiger partial charge in [-0.3, -0.25) is 19.3 Å². The lowest BCUT2D eigenvalue weighted by molar-refractivity contribution is -0.135. The smallest absolute Gasteiger partial charge is 0.409 e. The van der Waals surface area contributed by atoms with Crippen LogP contribution in [0.15, 0.2) is 24.3 Å². The fraction of sp³-hybridized carbons (Fsp3) is 0.581. The number of pyridine rings is 1. The summed E-state index contributed by atoms with van der Waals surface area (Å²) in [7, 11) is 1.68. The molecule has 0 bridgehead atoms. The average Bonchev–Trinajstić information content (AvgIpc) is 3.04. The first-order valence-electron chi connectivity index (χ1n) is 15.3. The summed E-state index contributed by atoms with van der Waals surface area (Å²) in [4.78, 5) is 62.8. The quantitative estimate of drug-likeness (QED) is 0.354. The Labute approximate surface area is 258 Å². The number of hydrogen-bond donors (Lipinski definition) is 1. The zero-order chi connectivity index (χ0) is 31.5. The molecule has 4 amide bonds. The lowest BCUT2D eigenvalue weighted by Gasteiger charge is -2.34. The highest BCUT2D eigenvalue weighted by Gasteiger charge is 2.26. The molecule has 0 saturated carbocycles. The summed E-state index contributed by atoms with van der Waals surface area (Å²) in [5, 5.41) is 3.35. The third-order valence-electron chi connectivity index (χ3n) is 7.86. The van der Waals surface area contributed by atoms with Crippen molar-refractivity contribution in [2.75, 3.05) is 92.4 Å². The summed E-state index contributed by atoms with van der Waals surface area (Å²) >= 11 is 0. The summed E-state index contributed by atoms with van der Waals surface area (Å²) in [6, 6.07) is 7.13. The van der Waals surface area contributed by atoms with Gasteiger partial charge in [0, 0.05) is 77.5 Å². The predicted octanol–water partition coefficient (Wildman–Crippen LogP) is 1.52. The number of aromatic nitrogens is 1. The minimum atomic E-state index is -0.525. The normalized spacial score (nSPS) is 15.8. The number of methoxy groups -OCH3 is 1. The van der Waals surface area contributed by atoms with E-state index in [0.717, 1.165) is 38.0 Å².